The molecule has 0 saturated carbocycles. The molecule has 108 valence electrons. The number of aryl methyl sites for hydroxylation is 1. The lowest BCUT2D eigenvalue weighted by atomic mass is 10.0. The highest BCUT2D eigenvalue weighted by Crippen LogP contribution is 2.33. The van der Waals surface area contributed by atoms with Gasteiger partial charge in [0.2, 0.25) is 0 Å². The molecule has 1 heterocycles. The molecule has 0 radical (unpaired) electrons. The molecule has 0 aliphatic rings. The average molecular weight is 289 g/mol. The van der Waals surface area contributed by atoms with Crippen LogP contribution in [0, 0.1) is 0 Å². The number of fused-ring (bicyclic) bond motifs is 1. The van der Waals surface area contributed by atoms with E-state index >= 15 is 0 Å². The van der Waals surface area contributed by atoms with Gasteiger partial charge in [-0.05, 0) is 35.7 Å². The van der Waals surface area contributed by atoms with Crippen LogP contribution in [0.25, 0.3) is 10.9 Å². The molecule has 0 saturated heterocycles. The van der Waals surface area contributed by atoms with Gasteiger partial charge in [0, 0.05) is 24.1 Å². The topological polar surface area (TPSA) is 4.93 Å². The molecule has 0 aliphatic carbocycles. The number of benzene rings is 2. The summed E-state index contributed by atoms with van der Waals surface area (Å²) in [5.74, 6) is 0. The number of hydrogen-bond acceptors (Lipinski definition) is 0. The molecule has 1 aromatic heterocycles. The second-order valence-corrected chi connectivity index (χ2v) is 5.16. The first-order valence-corrected chi connectivity index (χ1v) is 6.64. The van der Waals surface area contributed by atoms with Crippen molar-refractivity contribution in [2.24, 2.45) is 7.05 Å². The summed E-state index contributed by atoms with van der Waals surface area (Å²) in [7, 11) is 1.85. The number of alkyl halides is 3. The van der Waals surface area contributed by atoms with E-state index in [1.807, 2.05) is 48.1 Å². The van der Waals surface area contributed by atoms with Gasteiger partial charge in [-0.2, -0.15) is 13.2 Å². The van der Waals surface area contributed by atoms with Crippen LogP contribution in [0.15, 0.2) is 54.7 Å². The van der Waals surface area contributed by atoms with Crippen molar-refractivity contribution in [3.8, 4) is 0 Å². The summed E-state index contributed by atoms with van der Waals surface area (Å²) >= 11 is 0. The molecular weight excluding hydrogens is 275 g/mol. The number of aromatic nitrogens is 1. The van der Waals surface area contributed by atoms with Crippen LogP contribution in [0.4, 0.5) is 13.2 Å². The molecule has 0 unspecified atom stereocenters. The second kappa shape index (κ2) is 4.95. The van der Waals surface area contributed by atoms with E-state index in [1.54, 1.807) is 0 Å². The van der Waals surface area contributed by atoms with Crippen LogP contribution in [-0.2, 0) is 19.6 Å². The second-order valence-electron chi connectivity index (χ2n) is 5.16. The van der Waals surface area contributed by atoms with E-state index in [4.69, 9.17) is 0 Å². The SMILES string of the molecule is Cn1cc(Cc2ccccc2)c2cc(C(F)(F)F)ccc21. The molecule has 0 atom stereocenters. The Labute approximate surface area is 120 Å². The van der Waals surface area contributed by atoms with Crippen molar-refractivity contribution >= 4 is 10.9 Å². The van der Waals surface area contributed by atoms with Crippen LogP contribution in [0.2, 0.25) is 0 Å². The van der Waals surface area contributed by atoms with Gasteiger partial charge in [-0.15, -0.1) is 0 Å². The van der Waals surface area contributed by atoms with E-state index in [2.05, 4.69) is 0 Å². The van der Waals surface area contributed by atoms with Crippen LogP contribution >= 0.6 is 0 Å². The fourth-order valence-corrected chi connectivity index (χ4v) is 2.61. The maximum Gasteiger partial charge on any atom is 0.416 e. The van der Waals surface area contributed by atoms with Crippen molar-refractivity contribution in [1.82, 2.24) is 4.57 Å². The van der Waals surface area contributed by atoms with Crippen molar-refractivity contribution in [1.29, 1.82) is 0 Å². The Bertz CT molecular complexity index is 770. The number of hydrogen-bond donors (Lipinski definition) is 0. The lowest BCUT2D eigenvalue weighted by Gasteiger charge is -2.07. The Balaban J connectivity index is 2.10. The highest BCUT2D eigenvalue weighted by atomic mass is 19.4. The van der Waals surface area contributed by atoms with Crippen LogP contribution in [0.1, 0.15) is 16.7 Å². The van der Waals surface area contributed by atoms with Gasteiger partial charge in [-0.25, -0.2) is 0 Å². The van der Waals surface area contributed by atoms with E-state index in [9.17, 15) is 13.2 Å². The number of halogens is 3. The molecule has 3 rings (SSSR count). The van der Waals surface area contributed by atoms with Gasteiger partial charge >= 0.3 is 6.18 Å². The minimum absolute atomic E-state index is 0.601. The monoisotopic (exact) mass is 289 g/mol. The normalized spacial score (nSPS) is 12.0. The molecule has 21 heavy (non-hydrogen) atoms. The fourth-order valence-electron chi connectivity index (χ4n) is 2.61. The zero-order valence-electron chi connectivity index (χ0n) is 11.5. The van der Waals surface area contributed by atoms with Crippen molar-refractivity contribution in [3.63, 3.8) is 0 Å². The van der Waals surface area contributed by atoms with Crippen LogP contribution < -0.4 is 0 Å². The fraction of sp³-hybridized carbons (Fsp3) is 0.176. The Kier molecular flexibility index (Phi) is 3.24. The Morgan fingerprint density at radius 3 is 2.38 bits per heavy atom. The largest absolute Gasteiger partial charge is 0.416 e. The zero-order chi connectivity index (χ0) is 15.0. The molecule has 3 aromatic rings. The molecule has 0 fully saturated rings. The Morgan fingerprint density at radius 1 is 1.00 bits per heavy atom. The van der Waals surface area contributed by atoms with Gasteiger partial charge in [0.25, 0.3) is 0 Å². The van der Waals surface area contributed by atoms with Crippen molar-refractivity contribution in [3.05, 3.63) is 71.4 Å². The summed E-state index contributed by atoms with van der Waals surface area (Å²) in [5.41, 5.74) is 2.21. The van der Waals surface area contributed by atoms with Gasteiger partial charge in [0.15, 0.2) is 0 Å². The first-order valence-electron chi connectivity index (χ1n) is 6.64. The quantitative estimate of drug-likeness (QED) is 0.639. The van der Waals surface area contributed by atoms with Gasteiger partial charge in [0.05, 0.1) is 5.56 Å². The van der Waals surface area contributed by atoms with Crippen molar-refractivity contribution < 1.29 is 13.2 Å². The predicted octanol–water partition coefficient (Wildman–Crippen LogP) is 4.79. The van der Waals surface area contributed by atoms with Crippen LogP contribution in [0.3, 0.4) is 0 Å². The molecule has 0 amide bonds. The standard InChI is InChI=1S/C17H14F3N/c1-21-11-13(9-12-5-3-2-4-6-12)15-10-14(17(18,19)20)7-8-16(15)21/h2-8,10-11H,9H2,1H3. The summed E-state index contributed by atoms with van der Waals surface area (Å²) < 4.78 is 40.5. The molecule has 0 N–H and O–H groups in total. The third-order valence-corrected chi connectivity index (χ3v) is 3.64. The molecule has 4 heteroatoms. The van der Waals surface area contributed by atoms with Crippen molar-refractivity contribution in [2.75, 3.05) is 0 Å². The summed E-state index contributed by atoms with van der Waals surface area (Å²) in [6.07, 6.45) is -1.79. The van der Waals surface area contributed by atoms with E-state index in [1.165, 1.54) is 12.1 Å². The summed E-state index contributed by atoms with van der Waals surface area (Å²) in [6.45, 7) is 0. The minimum atomic E-state index is -4.31. The zero-order valence-corrected chi connectivity index (χ0v) is 11.5. The van der Waals surface area contributed by atoms with Gasteiger partial charge < -0.3 is 4.57 Å². The maximum absolute atomic E-state index is 12.9. The highest BCUT2D eigenvalue weighted by Gasteiger charge is 2.30. The molecule has 0 aliphatic heterocycles. The smallest absolute Gasteiger partial charge is 0.350 e. The third kappa shape index (κ3) is 2.66. The van der Waals surface area contributed by atoms with Gasteiger partial charge in [-0.1, -0.05) is 30.3 Å². The summed E-state index contributed by atoms with van der Waals surface area (Å²) in [5, 5.41) is 0.663. The number of rotatable bonds is 2. The number of nitrogens with zero attached hydrogens (tertiary/aromatic N) is 1. The van der Waals surface area contributed by atoms with Gasteiger partial charge in [0.1, 0.15) is 0 Å². The highest BCUT2D eigenvalue weighted by molar-refractivity contribution is 5.85. The lowest BCUT2D eigenvalue weighted by Crippen LogP contribution is -2.04. The third-order valence-electron chi connectivity index (χ3n) is 3.64. The summed E-state index contributed by atoms with van der Waals surface area (Å²) in [4.78, 5) is 0. The molecule has 1 nitrogen and oxygen atoms in total. The van der Waals surface area contributed by atoms with E-state index in [0.29, 0.717) is 11.8 Å². The van der Waals surface area contributed by atoms with Crippen molar-refractivity contribution in [2.45, 2.75) is 12.6 Å². The van der Waals surface area contributed by atoms with E-state index in [-0.39, 0.29) is 0 Å². The summed E-state index contributed by atoms with van der Waals surface area (Å²) in [6, 6.07) is 13.7. The predicted molar refractivity (Wildman–Crippen MR) is 77.2 cm³/mol. The molecule has 0 bridgehead atoms. The first kappa shape index (κ1) is 13.7. The van der Waals surface area contributed by atoms with Crippen LogP contribution in [-0.4, -0.2) is 4.57 Å². The first-order chi connectivity index (χ1) is 9.95. The van der Waals surface area contributed by atoms with Gasteiger partial charge in [-0.3, -0.25) is 0 Å². The van der Waals surface area contributed by atoms with E-state index in [0.717, 1.165) is 22.7 Å². The average Bonchev–Trinajstić information content (AvgIpc) is 2.75. The molecule has 0 spiro atoms. The molecular formula is C17H14F3N. The minimum Gasteiger partial charge on any atom is -0.350 e. The Hall–Kier alpha value is -2.23. The van der Waals surface area contributed by atoms with Crippen LogP contribution in [0.5, 0.6) is 0 Å². The van der Waals surface area contributed by atoms with E-state index < -0.39 is 11.7 Å². The lowest BCUT2D eigenvalue weighted by molar-refractivity contribution is -0.137. The maximum atomic E-state index is 12.9. The molecule has 2 aromatic carbocycles. The Morgan fingerprint density at radius 2 is 1.71 bits per heavy atom.